The summed E-state index contributed by atoms with van der Waals surface area (Å²) < 4.78 is 5.45. The average molecular weight is 316 g/mol. The van der Waals surface area contributed by atoms with Crippen LogP contribution in [0, 0.1) is 13.8 Å². The Labute approximate surface area is 136 Å². The quantitative estimate of drug-likeness (QED) is 0.890. The van der Waals surface area contributed by atoms with Gasteiger partial charge in [-0.2, -0.15) is 0 Å². The van der Waals surface area contributed by atoms with E-state index in [-0.39, 0.29) is 12.5 Å². The first-order valence-electron chi connectivity index (χ1n) is 7.56. The van der Waals surface area contributed by atoms with Gasteiger partial charge in [-0.05, 0) is 51.1 Å². The second kappa shape index (κ2) is 6.46. The predicted octanol–water partition coefficient (Wildman–Crippen LogP) is 2.60. The number of furan rings is 1. The summed E-state index contributed by atoms with van der Waals surface area (Å²) in [7, 11) is 3.89. The van der Waals surface area contributed by atoms with Gasteiger partial charge in [-0.25, -0.2) is 0 Å². The molecule has 2 aromatic rings. The zero-order valence-electron chi connectivity index (χ0n) is 14.3. The molecule has 0 saturated heterocycles. The second-order valence-electron chi connectivity index (χ2n) is 6.22. The summed E-state index contributed by atoms with van der Waals surface area (Å²) in [5.41, 5.74) is 1.10. The van der Waals surface area contributed by atoms with Gasteiger partial charge >= 0.3 is 0 Å². The van der Waals surface area contributed by atoms with Crippen LogP contribution in [-0.4, -0.2) is 31.7 Å². The normalized spacial score (nSPS) is 13.5. The Hall–Kier alpha value is -2.27. The fourth-order valence-corrected chi connectivity index (χ4v) is 2.53. The topological polar surface area (TPSA) is 65.7 Å². The molecule has 0 radical (unpaired) electrons. The van der Waals surface area contributed by atoms with Crippen molar-refractivity contribution in [1.82, 2.24) is 5.32 Å². The lowest BCUT2D eigenvalue weighted by molar-refractivity contribution is 0.0514. The molecule has 2 N–H and O–H groups in total. The number of hydrogen-bond acceptors (Lipinski definition) is 4. The minimum atomic E-state index is -1.18. The number of carbonyl (C=O) groups excluding carboxylic acids is 1. The van der Waals surface area contributed by atoms with Crippen LogP contribution in [0.2, 0.25) is 0 Å². The molecule has 23 heavy (non-hydrogen) atoms. The molecular formula is C18H24N2O3. The molecule has 0 fully saturated rings. The van der Waals surface area contributed by atoms with E-state index in [0.717, 1.165) is 11.4 Å². The lowest BCUT2D eigenvalue weighted by Crippen LogP contribution is -2.38. The van der Waals surface area contributed by atoms with Crippen LogP contribution < -0.4 is 10.2 Å². The molecule has 1 aromatic carbocycles. The first-order chi connectivity index (χ1) is 10.7. The van der Waals surface area contributed by atoms with Crippen LogP contribution in [0.4, 0.5) is 5.69 Å². The van der Waals surface area contributed by atoms with Crippen LogP contribution in [-0.2, 0) is 5.60 Å². The van der Waals surface area contributed by atoms with Crippen molar-refractivity contribution in [2.75, 3.05) is 25.5 Å². The monoisotopic (exact) mass is 316 g/mol. The lowest BCUT2D eigenvalue weighted by Gasteiger charge is -2.23. The van der Waals surface area contributed by atoms with Crippen molar-refractivity contribution < 1.29 is 14.3 Å². The molecule has 0 spiro atoms. The van der Waals surface area contributed by atoms with Gasteiger partial charge in [-0.15, -0.1) is 0 Å². The van der Waals surface area contributed by atoms with Gasteiger partial charge in [0.05, 0.1) is 6.54 Å². The number of amides is 1. The molecule has 1 atom stereocenters. The van der Waals surface area contributed by atoms with E-state index in [2.05, 4.69) is 5.32 Å². The molecule has 5 nitrogen and oxygen atoms in total. The van der Waals surface area contributed by atoms with Crippen molar-refractivity contribution in [3.05, 3.63) is 53.0 Å². The van der Waals surface area contributed by atoms with Crippen LogP contribution in [0.15, 0.2) is 34.7 Å². The van der Waals surface area contributed by atoms with Crippen LogP contribution >= 0.6 is 0 Å². The molecule has 0 aliphatic heterocycles. The van der Waals surface area contributed by atoms with Gasteiger partial charge < -0.3 is 19.7 Å². The average Bonchev–Trinajstić information content (AvgIpc) is 2.84. The van der Waals surface area contributed by atoms with E-state index in [1.165, 1.54) is 0 Å². The number of carbonyl (C=O) groups is 1. The van der Waals surface area contributed by atoms with E-state index in [1.807, 2.05) is 38.1 Å². The van der Waals surface area contributed by atoms with Crippen molar-refractivity contribution in [3.8, 4) is 0 Å². The van der Waals surface area contributed by atoms with Crippen LogP contribution in [0.5, 0.6) is 0 Å². The number of nitrogens with one attached hydrogen (secondary N) is 1. The molecule has 0 bridgehead atoms. The van der Waals surface area contributed by atoms with E-state index < -0.39 is 5.60 Å². The summed E-state index contributed by atoms with van der Waals surface area (Å²) in [5.74, 6) is 1.19. The van der Waals surface area contributed by atoms with Crippen molar-refractivity contribution >= 4 is 11.6 Å². The summed E-state index contributed by atoms with van der Waals surface area (Å²) in [6.07, 6.45) is 0. The number of aryl methyl sites for hydroxylation is 2. The maximum Gasteiger partial charge on any atom is 0.251 e. The van der Waals surface area contributed by atoms with Crippen molar-refractivity contribution in [3.63, 3.8) is 0 Å². The smallest absolute Gasteiger partial charge is 0.251 e. The highest BCUT2D eigenvalue weighted by molar-refractivity contribution is 5.94. The predicted molar refractivity (Wildman–Crippen MR) is 90.9 cm³/mol. The first-order valence-corrected chi connectivity index (χ1v) is 7.56. The Morgan fingerprint density at radius 2 is 1.87 bits per heavy atom. The summed E-state index contributed by atoms with van der Waals surface area (Å²) >= 11 is 0. The van der Waals surface area contributed by atoms with Gasteiger partial charge in [0, 0.05) is 30.9 Å². The molecule has 1 aromatic heterocycles. The van der Waals surface area contributed by atoms with Crippen LogP contribution in [0.25, 0.3) is 0 Å². The van der Waals surface area contributed by atoms with E-state index in [1.54, 1.807) is 32.0 Å². The largest absolute Gasteiger partial charge is 0.466 e. The third-order valence-corrected chi connectivity index (χ3v) is 3.86. The first kappa shape index (κ1) is 17.1. The Kier molecular flexibility index (Phi) is 4.80. The molecule has 0 aliphatic rings. The van der Waals surface area contributed by atoms with Gasteiger partial charge in [0.25, 0.3) is 5.91 Å². The highest BCUT2D eigenvalue weighted by Crippen LogP contribution is 2.26. The fourth-order valence-electron chi connectivity index (χ4n) is 2.53. The van der Waals surface area contributed by atoms with E-state index >= 15 is 0 Å². The minimum absolute atomic E-state index is 0.112. The van der Waals surface area contributed by atoms with Crippen molar-refractivity contribution in [2.24, 2.45) is 0 Å². The Morgan fingerprint density at radius 1 is 1.26 bits per heavy atom. The number of rotatable bonds is 5. The Morgan fingerprint density at radius 3 is 2.35 bits per heavy atom. The van der Waals surface area contributed by atoms with Gasteiger partial charge in [0.2, 0.25) is 0 Å². The minimum Gasteiger partial charge on any atom is -0.466 e. The summed E-state index contributed by atoms with van der Waals surface area (Å²) in [6, 6.07) is 9.11. The molecule has 0 aliphatic carbocycles. The number of aliphatic hydroxyl groups is 1. The molecule has 124 valence electrons. The third-order valence-electron chi connectivity index (χ3n) is 3.86. The van der Waals surface area contributed by atoms with Crippen LogP contribution in [0.3, 0.4) is 0 Å². The molecule has 2 rings (SSSR count). The number of benzene rings is 1. The van der Waals surface area contributed by atoms with Gasteiger partial charge in [-0.3, -0.25) is 4.79 Å². The second-order valence-corrected chi connectivity index (χ2v) is 6.22. The van der Waals surface area contributed by atoms with E-state index in [0.29, 0.717) is 16.9 Å². The van der Waals surface area contributed by atoms with Gasteiger partial charge in [-0.1, -0.05) is 0 Å². The van der Waals surface area contributed by atoms with Gasteiger partial charge in [0.15, 0.2) is 0 Å². The Bertz CT molecular complexity index is 685. The van der Waals surface area contributed by atoms with Crippen LogP contribution in [0.1, 0.15) is 34.4 Å². The summed E-state index contributed by atoms with van der Waals surface area (Å²) in [6.45, 7) is 5.41. The summed E-state index contributed by atoms with van der Waals surface area (Å²) in [4.78, 5) is 14.2. The molecule has 1 amide bonds. The molecule has 1 unspecified atom stereocenters. The zero-order chi connectivity index (χ0) is 17.2. The lowest BCUT2D eigenvalue weighted by atomic mass is 9.96. The zero-order valence-corrected chi connectivity index (χ0v) is 14.3. The van der Waals surface area contributed by atoms with E-state index in [4.69, 9.17) is 4.42 Å². The number of nitrogens with zero attached hydrogens (tertiary/aromatic N) is 1. The standard InChI is InChI=1S/C18H24N2O3/c1-12-10-16(13(2)23-12)18(3,22)11-19-17(21)14-6-8-15(9-7-14)20(4)5/h6-10,22H,11H2,1-5H3,(H,19,21). The molecule has 1 heterocycles. The van der Waals surface area contributed by atoms with Crippen molar-refractivity contribution in [1.29, 1.82) is 0 Å². The highest BCUT2D eigenvalue weighted by Gasteiger charge is 2.28. The maximum absolute atomic E-state index is 12.2. The highest BCUT2D eigenvalue weighted by atomic mass is 16.3. The molecule has 5 heteroatoms. The molecular weight excluding hydrogens is 292 g/mol. The van der Waals surface area contributed by atoms with Gasteiger partial charge in [0.1, 0.15) is 17.1 Å². The van der Waals surface area contributed by atoms with Crippen molar-refractivity contribution in [2.45, 2.75) is 26.4 Å². The SMILES string of the molecule is Cc1cc(C(C)(O)CNC(=O)c2ccc(N(C)C)cc2)c(C)o1. The molecule has 0 saturated carbocycles. The number of hydrogen-bond donors (Lipinski definition) is 2. The fraction of sp³-hybridized carbons (Fsp3) is 0.389. The number of anilines is 1. The third kappa shape index (κ3) is 3.93. The van der Waals surface area contributed by atoms with E-state index in [9.17, 15) is 9.90 Å². The maximum atomic E-state index is 12.2. The summed E-state index contributed by atoms with van der Waals surface area (Å²) in [5, 5.41) is 13.4. The Balaban J connectivity index is 2.04.